The maximum atomic E-state index is 11.0. The molecule has 0 atom stereocenters. The van der Waals surface area contributed by atoms with Crippen LogP contribution in [0.1, 0.15) is 13.8 Å². The number of nitro groups is 1. The van der Waals surface area contributed by atoms with Crippen LogP contribution in [0.25, 0.3) is 11.4 Å². The summed E-state index contributed by atoms with van der Waals surface area (Å²) >= 11 is 0. The first kappa shape index (κ1) is 12.8. The SMILES string of the molecule is CC(C)Oc1ccc(-c2noc(N)n2)cc1[N+](=O)[O-]. The second kappa shape index (κ2) is 4.92. The average molecular weight is 264 g/mol. The van der Waals surface area contributed by atoms with Crippen molar-refractivity contribution in [3.63, 3.8) is 0 Å². The molecule has 0 spiro atoms. The van der Waals surface area contributed by atoms with E-state index in [-0.39, 0.29) is 29.4 Å². The van der Waals surface area contributed by atoms with E-state index >= 15 is 0 Å². The van der Waals surface area contributed by atoms with Crippen molar-refractivity contribution >= 4 is 11.7 Å². The highest BCUT2D eigenvalue weighted by molar-refractivity contribution is 5.63. The maximum Gasteiger partial charge on any atom is 0.319 e. The molecule has 1 aromatic carbocycles. The molecule has 1 heterocycles. The van der Waals surface area contributed by atoms with Gasteiger partial charge in [-0.25, -0.2) is 0 Å². The van der Waals surface area contributed by atoms with Crippen LogP contribution in [0.15, 0.2) is 22.7 Å². The Balaban J connectivity index is 2.44. The van der Waals surface area contributed by atoms with Crippen LogP contribution in [-0.4, -0.2) is 21.2 Å². The fourth-order valence-corrected chi connectivity index (χ4v) is 1.51. The van der Waals surface area contributed by atoms with Crippen molar-refractivity contribution in [3.8, 4) is 17.1 Å². The summed E-state index contributed by atoms with van der Waals surface area (Å²) in [6.45, 7) is 3.58. The second-order valence-electron chi connectivity index (χ2n) is 4.06. The fraction of sp³-hybridized carbons (Fsp3) is 0.273. The van der Waals surface area contributed by atoms with Crippen LogP contribution < -0.4 is 10.5 Å². The minimum Gasteiger partial charge on any atom is -0.484 e. The lowest BCUT2D eigenvalue weighted by molar-refractivity contribution is -0.386. The van der Waals surface area contributed by atoms with Crippen molar-refractivity contribution < 1.29 is 14.2 Å². The number of rotatable bonds is 4. The van der Waals surface area contributed by atoms with Gasteiger partial charge in [-0.1, -0.05) is 5.16 Å². The summed E-state index contributed by atoms with van der Waals surface area (Å²) in [7, 11) is 0. The highest BCUT2D eigenvalue weighted by atomic mass is 16.6. The second-order valence-corrected chi connectivity index (χ2v) is 4.06. The Morgan fingerprint density at radius 2 is 2.21 bits per heavy atom. The van der Waals surface area contributed by atoms with Crippen LogP contribution in [0.5, 0.6) is 5.75 Å². The van der Waals surface area contributed by atoms with E-state index in [9.17, 15) is 10.1 Å². The quantitative estimate of drug-likeness (QED) is 0.662. The average Bonchev–Trinajstić information content (AvgIpc) is 2.75. The van der Waals surface area contributed by atoms with Gasteiger partial charge in [0.15, 0.2) is 5.75 Å². The van der Waals surface area contributed by atoms with Gasteiger partial charge in [-0.3, -0.25) is 10.1 Å². The number of hydrogen-bond donors (Lipinski definition) is 1. The van der Waals surface area contributed by atoms with Crippen molar-refractivity contribution in [3.05, 3.63) is 28.3 Å². The molecule has 2 rings (SSSR count). The summed E-state index contributed by atoms with van der Waals surface area (Å²) in [5.41, 5.74) is 5.59. The number of benzene rings is 1. The molecule has 8 nitrogen and oxygen atoms in total. The molecule has 0 saturated heterocycles. The van der Waals surface area contributed by atoms with Crippen molar-refractivity contribution in [1.29, 1.82) is 0 Å². The lowest BCUT2D eigenvalue weighted by atomic mass is 10.2. The Kier molecular flexibility index (Phi) is 3.32. The Labute approximate surface area is 108 Å². The molecule has 0 amide bonds. The minimum absolute atomic E-state index is 0.0971. The third kappa shape index (κ3) is 2.79. The van der Waals surface area contributed by atoms with Crippen LogP contribution in [0.2, 0.25) is 0 Å². The summed E-state index contributed by atoms with van der Waals surface area (Å²) in [4.78, 5) is 14.3. The molecular weight excluding hydrogens is 252 g/mol. The van der Waals surface area contributed by atoms with E-state index in [0.29, 0.717) is 5.56 Å². The van der Waals surface area contributed by atoms with Gasteiger partial charge in [0, 0.05) is 11.6 Å². The van der Waals surface area contributed by atoms with E-state index in [0.717, 1.165) is 0 Å². The number of aromatic nitrogens is 2. The molecule has 8 heteroatoms. The standard InChI is InChI=1S/C11H12N4O4/c1-6(2)18-9-4-3-7(5-8(9)15(16)17)10-13-11(12)19-14-10/h3-6H,1-2H3,(H2,12,13,14). The molecule has 0 aliphatic carbocycles. The number of nitrogen functional groups attached to an aromatic ring is 1. The molecular formula is C11H12N4O4. The minimum atomic E-state index is -0.523. The van der Waals surface area contributed by atoms with Gasteiger partial charge >= 0.3 is 11.7 Å². The Morgan fingerprint density at radius 1 is 1.47 bits per heavy atom. The van der Waals surface area contributed by atoms with Gasteiger partial charge in [-0.2, -0.15) is 4.98 Å². The van der Waals surface area contributed by atoms with Gasteiger partial charge < -0.3 is 15.0 Å². The van der Waals surface area contributed by atoms with Crippen molar-refractivity contribution in [2.45, 2.75) is 20.0 Å². The van der Waals surface area contributed by atoms with Crippen LogP contribution in [0, 0.1) is 10.1 Å². The first-order valence-electron chi connectivity index (χ1n) is 5.52. The van der Waals surface area contributed by atoms with Crippen molar-refractivity contribution in [1.82, 2.24) is 10.1 Å². The summed E-state index contributed by atoms with van der Waals surface area (Å²) in [5, 5.41) is 14.6. The summed E-state index contributed by atoms with van der Waals surface area (Å²) < 4.78 is 10.0. The van der Waals surface area contributed by atoms with Gasteiger partial charge in [0.05, 0.1) is 11.0 Å². The highest BCUT2D eigenvalue weighted by Gasteiger charge is 2.19. The Morgan fingerprint density at radius 3 is 2.74 bits per heavy atom. The normalized spacial score (nSPS) is 10.7. The van der Waals surface area contributed by atoms with Crippen molar-refractivity contribution in [2.75, 3.05) is 5.73 Å². The van der Waals surface area contributed by atoms with E-state index in [1.807, 2.05) is 0 Å². The van der Waals surface area contributed by atoms with Gasteiger partial charge in [0.2, 0.25) is 5.82 Å². The molecule has 0 aliphatic rings. The lowest BCUT2D eigenvalue weighted by Gasteiger charge is -2.10. The number of nitrogens with two attached hydrogens (primary N) is 1. The lowest BCUT2D eigenvalue weighted by Crippen LogP contribution is -2.07. The van der Waals surface area contributed by atoms with E-state index in [4.69, 9.17) is 10.5 Å². The van der Waals surface area contributed by atoms with Gasteiger partial charge in [-0.05, 0) is 26.0 Å². The largest absolute Gasteiger partial charge is 0.484 e. The van der Waals surface area contributed by atoms with Gasteiger partial charge in [-0.15, -0.1) is 0 Å². The molecule has 0 bridgehead atoms. The molecule has 0 saturated carbocycles. The Bertz CT molecular complexity index is 608. The molecule has 100 valence electrons. The zero-order valence-corrected chi connectivity index (χ0v) is 10.4. The van der Waals surface area contributed by atoms with E-state index in [1.165, 1.54) is 12.1 Å². The third-order valence-electron chi connectivity index (χ3n) is 2.22. The van der Waals surface area contributed by atoms with Crippen LogP contribution >= 0.6 is 0 Å². The molecule has 2 N–H and O–H groups in total. The molecule has 0 aliphatic heterocycles. The summed E-state index contributed by atoms with van der Waals surface area (Å²) in [5.74, 6) is 0.386. The number of ether oxygens (including phenoxy) is 1. The number of hydrogen-bond acceptors (Lipinski definition) is 7. The monoisotopic (exact) mass is 264 g/mol. The highest BCUT2D eigenvalue weighted by Crippen LogP contribution is 2.32. The zero-order chi connectivity index (χ0) is 14.0. The smallest absolute Gasteiger partial charge is 0.319 e. The van der Waals surface area contributed by atoms with Crippen LogP contribution in [-0.2, 0) is 0 Å². The molecule has 0 unspecified atom stereocenters. The third-order valence-corrected chi connectivity index (χ3v) is 2.22. The van der Waals surface area contributed by atoms with Crippen LogP contribution in [0.3, 0.4) is 0 Å². The first-order valence-corrected chi connectivity index (χ1v) is 5.52. The fourth-order valence-electron chi connectivity index (χ4n) is 1.51. The Hall–Kier alpha value is -2.64. The summed E-state index contributed by atoms with van der Waals surface area (Å²) in [6.07, 6.45) is -0.162. The molecule has 1 aromatic heterocycles. The predicted molar refractivity (Wildman–Crippen MR) is 66.6 cm³/mol. The van der Waals surface area contributed by atoms with Crippen LogP contribution in [0.4, 0.5) is 11.7 Å². The van der Waals surface area contributed by atoms with E-state index < -0.39 is 4.92 Å². The maximum absolute atomic E-state index is 11.0. The van der Waals surface area contributed by atoms with Crippen molar-refractivity contribution in [2.24, 2.45) is 0 Å². The van der Waals surface area contributed by atoms with Gasteiger partial charge in [0.1, 0.15) is 0 Å². The molecule has 0 radical (unpaired) electrons. The number of nitrogens with zero attached hydrogens (tertiary/aromatic N) is 3. The molecule has 19 heavy (non-hydrogen) atoms. The predicted octanol–water partition coefficient (Wildman–Crippen LogP) is 2.01. The topological polar surface area (TPSA) is 117 Å². The number of nitro benzene ring substituents is 1. The van der Waals surface area contributed by atoms with Gasteiger partial charge in [0.25, 0.3) is 0 Å². The summed E-state index contributed by atoms with van der Waals surface area (Å²) in [6, 6.07) is 4.33. The molecule has 2 aromatic rings. The number of anilines is 1. The molecule has 0 fully saturated rings. The van der Waals surface area contributed by atoms with E-state index in [2.05, 4.69) is 14.7 Å². The van der Waals surface area contributed by atoms with E-state index in [1.54, 1.807) is 19.9 Å². The first-order chi connectivity index (χ1) is 8.97. The zero-order valence-electron chi connectivity index (χ0n) is 10.4.